The van der Waals surface area contributed by atoms with Crippen LogP contribution in [-0.4, -0.2) is 9.55 Å². The number of benzene rings is 3. The maximum Gasteiger partial charge on any atom is 0.141 e. The average molecular weight is 323 g/mol. The van der Waals surface area contributed by atoms with E-state index in [-0.39, 0.29) is 0 Å². The molecule has 4 aromatic rings. The minimum Gasteiger partial charge on any atom is -0.319 e. The van der Waals surface area contributed by atoms with Crippen LogP contribution < -0.4 is 0 Å². The van der Waals surface area contributed by atoms with E-state index in [1.807, 2.05) is 36.4 Å². The monoisotopic (exact) mass is 323 g/mol. The summed E-state index contributed by atoms with van der Waals surface area (Å²) in [6, 6.07) is 26.5. The number of nitrogens with zero attached hydrogens (tertiary/aromatic N) is 3. The molecule has 0 atom stereocenters. The van der Waals surface area contributed by atoms with Crippen LogP contribution in [-0.2, 0) is 6.54 Å². The first-order valence-electron chi connectivity index (χ1n) is 8.26. The quantitative estimate of drug-likeness (QED) is 0.536. The Balaban J connectivity index is 1.89. The van der Waals surface area contributed by atoms with Crippen LogP contribution in [0.1, 0.15) is 16.7 Å². The molecule has 3 nitrogen and oxygen atoms in total. The maximum absolute atomic E-state index is 9.15. The molecular formula is C22H17N3. The van der Waals surface area contributed by atoms with Gasteiger partial charge < -0.3 is 4.57 Å². The van der Waals surface area contributed by atoms with Crippen molar-refractivity contribution < 1.29 is 0 Å². The first-order valence-corrected chi connectivity index (χ1v) is 8.26. The fourth-order valence-corrected chi connectivity index (χ4v) is 3.16. The molecule has 0 unspecified atom stereocenters. The van der Waals surface area contributed by atoms with Gasteiger partial charge in [0.2, 0.25) is 0 Å². The predicted molar refractivity (Wildman–Crippen MR) is 100 cm³/mol. The summed E-state index contributed by atoms with van der Waals surface area (Å²) in [4.78, 5) is 4.86. The van der Waals surface area contributed by atoms with E-state index in [0.29, 0.717) is 12.1 Å². The summed E-state index contributed by atoms with van der Waals surface area (Å²) < 4.78 is 2.22. The summed E-state index contributed by atoms with van der Waals surface area (Å²) >= 11 is 0. The molecule has 0 fully saturated rings. The molecule has 0 saturated carbocycles. The van der Waals surface area contributed by atoms with Crippen molar-refractivity contribution in [3.63, 3.8) is 0 Å². The van der Waals surface area contributed by atoms with Crippen molar-refractivity contribution in [1.82, 2.24) is 9.55 Å². The van der Waals surface area contributed by atoms with Crippen molar-refractivity contribution in [2.24, 2.45) is 0 Å². The second-order valence-electron chi connectivity index (χ2n) is 6.19. The van der Waals surface area contributed by atoms with Gasteiger partial charge in [-0.3, -0.25) is 0 Å². The number of para-hydroxylation sites is 2. The standard InChI is InChI=1S/C22H17N3/c1-16-6-4-9-19(12-16)22-24-20-10-2-3-11-21(20)25(22)15-18-8-5-7-17(13-18)14-23/h2-13H,15H2,1H3. The van der Waals surface area contributed by atoms with Crippen LogP contribution in [0.2, 0.25) is 0 Å². The Hall–Kier alpha value is -3.38. The molecule has 0 amide bonds. The van der Waals surface area contributed by atoms with Crippen LogP contribution >= 0.6 is 0 Å². The molecule has 0 aliphatic rings. The molecule has 4 rings (SSSR count). The van der Waals surface area contributed by atoms with Gasteiger partial charge in [0.05, 0.1) is 22.7 Å². The van der Waals surface area contributed by atoms with Gasteiger partial charge in [0, 0.05) is 12.1 Å². The predicted octanol–water partition coefficient (Wildman–Crippen LogP) is 4.93. The van der Waals surface area contributed by atoms with Crippen molar-refractivity contribution in [1.29, 1.82) is 5.26 Å². The molecule has 1 heterocycles. The molecule has 0 aliphatic carbocycles. The number of nitriles is 1. The summed E-state index contributed by atoms with van der Waals surface area (Å²) in [6.07, 6.45) is 0. The van der Waals surface area contributed by atoms with E-state index in [2.05, 4.69) is 54.0 Å². The fraction of sp³-hybridized carbons (Fsp3) is 0.0909. The van der Waals surface area contributed by atoms with Crippen molar-refractivity contribution in [3.05, 3.63) is 89.5 Å². The molecule has 3 aromatic carbocycles. The second kappa shape index (κ2) is 6.26. The Morgan fingerprint density at radius 1 is 0.960 bits per heavy atom. The number of aryl methyl sites for hydroxylation is 1. The Morgan fingerprint density at radius 3 is 2.64 bits per heavy atom. The Kier molecular flexibility index (Phi) is 3.80. The topological polar surface area (TPSA) is 41.6 Å². The number of fused-ring (bicyclic) bond motifs is 1. The maximum atomic E-state index is 9.15. The van der Waals surface area contributed by atoms with Gasteiger partial charge in [-0.1, -0.05) is 48.0 Å². The zero-order valence-electron chi connectivity index (χ0n) is 14.0. The molecule has 25 heavy (non-hydrogen) atoms. The van der Waals surface area contributed by atoms with E-state index >= 15 is 0 Å². The fourth-order valence-electron chi connectivity index (χ4n) is 3.16. The molecular weight excluding hydrogens is 306 g/mol. The highest BCUT2D eigenvalue weighted by molar-refractivity contribution is 5.80. The van der Waals surface area contributed by atoms with Crippen LogP contribution in [0, 0.1) is 18.3 Å². The average Bonchev–Trinajstić information content (AvgIpc) is 3.01. The summed E-state index contributed by atoms with van der Waals surface area (Å²) in [5.41, 5.74) is 6.17. The lowest BCUT2D eigenvalue weighted by atomic mass is 10.1. The number of hydrogen-bond donors (Lipinski definition) is 0. The molecule has 0 aliphatic heterocycles. The summed E-state index contributed by atoms with van der Waals surface area (Å²) in [5, 5.41) is 9.15. The molecule has 1 aromatic heterocycles. The summed E-state index contributed by atoms with van der Waals surface area (Å²) in [5.74, 6) is 0.951. The van der Waals surface area contributed by atoms with Gasteiger partial charge in [-0.2, -0.15) is 5.26 Å². The normalized spacial score (nSPS) is 10.7. The second-order valence-corrected chi connectivity index (χ2v) is 6.19. The molecule has 0 spiro atoms. The van der Waals surface area contributed by atoms with E-state index in [1.165, 1.54) is 5.56 Å². The zero-order valence-corrected chi connectivity index (χ0v) is 14.0. The summed E-state index contributed by atoms with van der Waals surface area (Å²) in [7, 11) is 0. The number of aromatic nitrogens is 2. The van der Waals surface area contributed by atoms with Crippen LogP contribution in [0.3, 0.4) is 0 Å². The van der Waals surface area contributed by atoms with E-state index in [1.54, 1.807) is 0 Å². The smallest absolute Gasteiger partial charge is 0.141 e. The number of rotatable bonds is 3. The minimum atomic E-state index is 0.680. The van der Waals surface area contributed by atoms with Crippen molar-refractivity contribution in [2.45, 2.75) is 13.5 Å². The SMILES string of the molecule is Cc1cccc(-c2nc3ccccc3n2Cc2cccc(C#N)c2)c1. The lowest BCUT2D eigenvalue weighted by molar-refractivity contribution is 0.834. The van der Waals surface area contributed by atoms with Crippen LogP contribution in [0.25, 0.3) is 22.4 Å². The van der Waals surface area contributed by atoms with Gasteiger partial charge in [0.15, 0.2) is 0 Å². The van der Waals surface area contributed by atoms with Crippen LogP contribution in [0.4, 0.5) is 0 Å². The van der Waals surface area contributed by atoms with E-state index < -0.39 is 0 Å². The third kappa shape index (κ3) is 2.90. The lowest BCUT2D eigenvalue weighted by Gasteiger charge is -2.10. The zero-order chi connectivity index (χ0) is 17.2. The van der Waals surface area contributed by atoms with Gasteiger partial charge in [0.1, 0.15) is 5.82 Å². The Bertz CT molecular complexity index is 1100. The number of imidazole rings is 1. The minimum absolute atomic E-state index is 0.680. The molecule has 120 valence electrons. The van der Waals surface area contributed by atoms with Crippen LogP contribution in [0.15, 0.2) is 72.8 Å². The first kappa shape index (κ1) is 15.2. The van der Waals surface area contributed by atoms with Crippen molar-refractivity contribution >= 4 is 11.0 Å². The van der Waals surface area contributed by atoms with Gasteiger partial charge in [-0.05, 0) is 42.8 Å². The third-order valence-corrected chi connectivity index (χ3v) is 4.33. The number of hydrogen-bond acceptors (Lipinski definition) is 2. The van der Waals surface area contributed by atoms with Gasteiger partial charge in [0.25, 0.3) is 0 Å². The lowest BCUT2D eigenvalue weighted by Crippen LogP contribution is -2.02. The molecule has 0 saturated heterocycles. The Morgan fingerprint density at radius 2 is 1.80 bits per heavy atom. The molecule has 0 radical (unpaired) electrons. The third-order valence-electron chi connectivity index (χ3n) is 4.33. The first-order chi connectivity index (χ1) is 12.2. The van der Waals surface area contributed by atoms with Gasteiger partial charge in [-0.15, -0.1) is 0 Å². The van der Waals surface area contributed by atoms with Gasteiger partial charge >= 0.3 is 0 Å². The molecule has 0 bridgehead atoms. The highest BCUT2D eigenvalue weighted by Gasteiger charge is 2.13. The Labute approximate surface area is 146 Å². The highest BCUT2D eigenvalue weighted by Crippen LogP contribution is 2.26. The summed E-state index contributed by atoms with van der Waals surface area (Å²) in [6.45, 7) is 2.77. The van der Waals surface area contributed by atoms with E-state index in [0.717, 1.165) is 28.0 Å². The van der Waals surface area contributed by atoms with Crippen LogP contribution in [0.5, 0.6) is 0 Å². The molecule has 3 heteroatoms. The van der Waals surface area contributed by atoms with E-state index in [4.69, 9.17) is 10.2 Å². The van der Waals surface area contributed by atoms with E-state index in [9.17, 15) is 0 Å². The van der Waals surface area contributed by atoms with Crippen molar-refractivity contribution in [2.75, 3.05) is 0 Å². The largest absolute Gasteiger partial charge is 0.319 e. The molecule has 0 N–H and O–H groups in total. The van der Waals surface area contributed by atoms with Crippen molar-refractivity contribution in [3.8, 4) is 17.5 Å². The van der Waals surface area contributed by atoms with Gasteiger partial charge in [-0.25, -0.2) is 4.98 Å². The highest BCUT2D eigenvalue weighted by atomic mass is 15.1.